The quantitative estimate of drug-likeness (QED) is 0.724. The highest BCUT2D eigenvalue weighted by molar-refractivity contribution is 5.98. The summed E-state index contributed by atoms with van der Waals surface area (Å²) < 4.78 is 1.55. The molecule has 1 heterocycles. The molecule has 0 unspecified atom stereocenters. The fourth-order valence-corrected chi connectivity index (χ4v) is 1.50. The van der Waals surface area contributed by atoms with E-state index < -0.39 is 5.91 Å². The van der Waals surface area contributed by atoms with E-state index in [1.807, 2.05) is 6.07 Å². The molecule has 0 saturated heterocycles. The lowest BCUT2D eigenvalue weighted by atomic mass is 10.1. The minimum atomic E-state index is -0.608. The van der Waals surface area contributed by atoms with Crippen LogP contribution in [0.3, 0.4) is 0 Å². The van der Waals surface area contributed by atoms with Crippen LogP contribution in [-0.4, -0.2) is 15.5 Å². The Hall–Kier alpha value is -2.81. The molecule has 0 fully saturated rings. The summed E-state index contributed by atoms with van der Waals surface area (Å²) in [5.41, 5.74) is 12.0. The SMILES string of the molecule is N#Cc1nccn1-c1ccc(N)c(C(N)=O)c1. The first kappa shape index (κ1) is 10.7. The van der Waals surface area contributed by atoms with E-state index >= 15 is 0 Å². The van der Waals surface area contributed by atoms with Crippen molar-refractivity contribution in [2.45, 2.75) is 0 Å². The van der Waals surface area contributed by atoms with Gasteiger partial charge in [-0.15, -0.1) is 0 Å². The van der Waals surface area contributed by atoms with Crippen LogP contribution in [0.1, 0.15) is 16.2 Å². The molecule has 2 aromatic rings. The Morgan fingerprint density at radius 1 is 1.47 bits per heavy atom. The van der Waals surface area contributed by atoms with Crippen LogP contribution in [0.25, 0.3) is 5.69 Å². The van der Waals surface area contributed by atoms with Gasteiger partial charge in [0.1, 0.15) is 6.07 Å². The Kier molecular flexibility index (Phi) is 2.51. The number of nitriles is 1. The van der Waals surface area contributed by atoms with E-state index in [4.69, 9.17) is 16.7 Å². The number of imidazole rings is 1. The zero-order valence-electron chi connectivity index (χ0n) is 8.79. The first-order valence-corrected chi connectivity index (χ1v) is 4.76. The van der Waals surface area contributed by atoms with Gasteiger partial charge in [-0.25, -0.2) is 4.98 Å². The normalized spacial score (nSPS) is 9.82. The van der Waals surface area contributed by atoms with Crippen molar-refractivity contribution in [2.75, 3.05) is 5.73 Å². The summed E-state index contributed by atoms with van der Waals surface area (Å²) in [6, 6.07) is 6.72. The van der Waals surface area contributed by atoms with E-state index in [1.165, 1.54) is 12.3 Å². The second kappa shape index (κ2) is 3.98. The zero-order valence-corrected chi connectivity index (χ0v) is 8.79. The van der Waals surface area contributed by atoms with Gasteiger partial charge in [0.05, 0.1) is 5.56 Å². The monoisotopic (exact) mass is 227 g/mol. The number of hydrogen-bond donors (Lipinski definition) is 2. The number of nitrogen functional groups attached to an aromatic ring is 1. The lowest BCUT2D eigenvalue weighted by molar-refractivity contribution is 0.100. The number of rotatable bonds is 2. The summed E-state index contributed by atoms with van der Waals surface area (Å²) in [5, 5.41) is 8.85. The number of carbonyl (C=O) groups excluding carboxylic acids is 1. The van der Waals surface area contributed by atoms with E-state index in [1.54, 1.807) is 22.9 Å². The molecule has 17 heavy (non-hydrogen) atoms. The minimum absolute atomic E-state index is 0.222. The molecule has 0 saturated carbocycles. The maximum absolute atomic E-state index is 11.2. The molecule has 0 aliphatic rings. The number of benzene rings is 1. The lowest BCUT2D eigenvalue weighted by Gasteiger charge is -2.07. The number of nitrogens with two attached hydrogens (primary N) is 2. The van der Waals surface area contributed by atoms with Gasteiger partial charge < -0.3 is 11.5 Å². The largest absolute Gasteiger partial charge is 0.398 e. The third kappa shape index (κ3) is 1.81. The van der Waals surface area contributed by atoms with Gasteiger partial charge in [-0.3, -0.25) is 9.36 Å². The molecule has 2 rings (SSSR count). The summed E-state index contributed by atoms with van der Waals surface area (Å²) in [6.07, 6.45) is 3.12. The number of amides is 1. The number of anilines is 1. The smallest absolute Gasteiger partial charge is 0.250 e. The molecule has 0 aliphatic carbocycles. The van der Waals surface area contributed by atoms with Crippen molar-refractivity contribution in [3.8, 4) is 11.8 Å². The number of primary amides is 1. The van der Waals surface area contributed by atoms with Crippen molar-refractivity contribution >= 4 is 11.6 Å². The Morgan fingerprint density at radius 2 is 2.24 bits per heavy atom. The fourth-order valence-electron chi connectivity index (χ4n) is 1.50. The highest BCUT2D eigenvalue weighted by Crippen LogP contribution is 2.17. The van der Waals surface area contributed by atoms with Crippen LogP contribution in [0.5, 0.6) is 0 Å². The zero-order chi connectivity index (χ0) is 12.4. The third-order valence-corrected chi connectivity index (χ3v) is 2.32. The predicted molar refractivity (Wildman–Crippen MR) is 61.2 cm³/mol. The van der Waals surface area contributed by atoms with Crippen LogP contribution in [0.2, 0.25) is 0 Å². The summed E-state index contributed by atoms with van der Waals surface area (Å²) in [6.45, 7) is 0. The van der Waals surface area contributed by atoms with Crippen LogP contribution in [-0.2, 0) is 0 Å². The van der Waals surface area contributed by atoms with E-state index in [2.05, 4.69) is 4.98 Å². The fraction of sp³-hybridized carbons (Fsp3) is 0. The average molecular weight is 227 g/mol. The second-order valence-electron chi connectivity index (χ2n) is 3.37. The van der Waals surface area contributed by atoms with Gasteiger partial charge >= 0.3 is 0 Å². The van der Waals surface area contributed by atoms with Gasteiger partial charge in [0, 0.05) is 23.8 Å². The number of aromatic nitrogens is 2. The molecule has 1 aromatic carbocycles. The highest BCUT2D eigenvalue weighted by Gasteiger charge is 2.09. The third-order valence-electron chi connectivity index (χ3n) is 2.32. The first-order chi connectivity index (χ1) is 8.13. The van der Waals surface area contributed by atoms with Crippen LogP contribution >= 0.6 is 0 Å². The highest BCUT2D eigenvalue weighted by atomic mass is 16.1. The molecular weight excluding hydrogens is 218 g/mol. The Bertz CT molecular complexity index is 623. The number of carbonyl (C=O) groups is 1. The summed E-state index contributed by atoms with van der Waals surface area (Å²) >= 11 is 0. The molecule has 6 nitrogen and oxygen atoms in total. The standard InChI is InChI=1S/C11H9N5O/c12-6-10-15-3-4-16(10)7-1-2-9(13)8(5-7)11(14)17/h1-5H,13H2,(H2,14,17). The van der Waals surface area contributed by atoms with Crippen molar-refractivity contribution in [1.82, 2.24) is 9.55 Å². The van der Waals surface area contributed by atoms with Crippen molar-refractivity contribution in [3.05, 3.63) is 42.0 Å². The van der Waals surface area contributed by atoms with Crippen LogP contribution in [0.15, 0.2) is 30.6 Å². The summed E-state index contributed by atoms with van der Waals surface area (Å²) in [4.78, 5) is 15.0. The summed E-state index contributed by atoms with van der Waals surface area (Å²) in [5.74, 6) is -0.381. The molecule has 4 N–H and O–H groups in total. The van der Waals surface area contributed by atoms with Gasteiger partial charge in [0.2, 0.25) is 5.82 Å². The maximum atomic E-state index is 11.2. The summed E-state index contributed by atoms with van der Waals surface area (Å²) in [7, 11) is 0. The van der Waals surface area contributed by atoms with E-state index in [0.717, 1.165) is 0 Å². The van der Waals surface area contributed by atoms with Crippen LogP contribution in [0, 0.1) is 11.3 Å². The molecule has 0 spiro atoms. The Labute approximate surface area is 97.1 Å². The van der Waals surface area contributed by atoms with Gasteiger partial charge in [0.15, 0.2) is 0 Å². The van der Waals surface area contributed by atoms with E-state index in [-0.39, 0.29) is 11.4 Å². The topological polar surface area (TPSA) is 111 Å². The van der Waals surface area contributed by atoms with Crippen molar-refractivity contribution < 1.29 is 4.79 Å². The lowest BCUT2D eigenvalue weighted by Crippen LogP contribution is -2.14. The van der Waals surface area contributed by atoms with Gasteiger partial charge in [0.25, 0.3) is 5.91 Å². The minimum Gasteiger partial charge on any atom is -0.398 e. The molecule has 1 amide bonds. The van der Waals surface area contributed by atoms with Gasteiger partial charge in [-0.1, -0.05) is 0 Å². The maximum Gasteiger partial charge on any atom is 0.250 e. The number of hydrogen-bond acceptors (Lipinski definition) is 4. The van der Waals surface area contributed by atoms with E-state index in [9.17, 15) is 4.79 Å². The molecule has 6 heteroatoms. The van der Waals surface area contributed by atoms with Crippen molar-refractivity contribution in [2.24, 2.45) is 5.73 Å². The first-order valence-electron chi connectivity index (χ1n) is 4.76. The molecule has 84 valence electrons. The average Bonchev–Trinajstić information content (AvgIpc) is 2.77. The van der Waals surface area contributed by atoms with Crippen LogP contribution in [0.4, 0.5) is 5.69 Å². The second-order valence-corrected chi connectivity index (χ2v) is 3.37. The van der Waals surface area contributed by atoms with Crippen molar-refractivity contribution in [3.63, 3.8) is 0 Å². The molecule has 0 aliphatic heterocycles. The molecule has 0 bridgehead atoms. The van der Waals surface area contributed by atoms with Crippen molar-refractivity contribution in [1.29, 1.82) is 5.26 Å². The molecule has 0 atom stereocenters. The Balaban J connectivity index is 2.59. The molecule has 1 aromatic heterocycles. The van der Waals surface area contributed by atoms with Crippen LogP contribution < -0.4 is 11.5 Å². The molecular formula is C11H9N5O. The van der Waals surface area contributed by atoms with E-state index in [0.29, 0.717) is 11.4 Å². The Morgan fingerprint density at radius 3 is 2.88 bits per heavy atom. The van der Waals surface area contributed by atoms with Gasteiger partial charge in [-0.05, 0) is 18.2 Å². The number of nitrogens with zero attached hydrogens (tertiary/aromatic N) is 3. The predicted octanol–water partition coefficient (Wildman–Crippen LogP) is 0.425. The van der Waals surface area contributed by atoms with Gasteiger partial charge in [-0.2, -0.15) is 5.26 Å². The molecule has 0 radical (unpaired) electrons.